The predicted molar refractivity (Wildman–Crippen MR) is 75.7 cm³/mol. The molecule has 0 amide bonds. The fraction of sp³-hybridized carbons (Fsp3) is 0.615. The molecule has 2 heterocycles. The van der Waals surface area contributed by atoms with Gasteiger partial charge in [-0.15, -0.1) is 0 Å². The van der Waals surface area contributed by atoms with Crippen LogP contribution < -0.4 is 0 Å². The minimum atomic E-state index is 0.415. The minimum absolute atomic E-state index is 0.415. The Balaban J connectivity index is 2.45. The molecule has 1 aliphatic rings. The second kappa shape index (κ2) is 5.01. The Morgan fingerprint density at radius 1 is 1.62 bits per heavy atom. The fourth-order valence-electron chi connectivity index (χ4n) is 2.46. The molecule has 1 nitrogen and oxygen atoms in total. The van der Waals surface area contributed by atoms with Crippen molar-refractivity contribution in [2.24, 2.45) is 0 Å². The monoisotopic (exact) mass is 253 g/mol. The summed E-state index contributed by atoms with van der Waals surface area (Å²) in [6.45, 7) is 6.58. The van der Waals surface area contributed by atoms with E-state index in [9.17, 15) is 0 Å². The SMILES string of the molecule is Cc1ncc(CC(C)S)c2c1C(C)SCC2. The van der Waals surface area contributed by atoms with E-state index in [2.05, 4.69) is 44.6 Å². The zero-order valence-electron chi connectivity index (χ0n) is 10.2. The van der Waals surface area contributed by atoms with Crippen LogP contribution in [0.15, 0.2) is 6.20 Å². The van der Waals surface area contributed by atoms with Gasteiger partial charge in [-0.2, -0.15) is 24.4 Å². The van der Waals surface area contributed by atoms with Gasteiger partial charge in [-0.1, -0.05) is 6.92 Å². The van der Waals surface area contributed by atoms with Crippen LogP contribution in [-0.4, -0.2) is 16.0 Å². The van der Waals surface area contributed by atoms with Crippen molar-refractivity contribution in [1.82, 2.24) is 4.98 Å². The summed E-state index contributed by atoms with van der Waals surface area (Å²) in [6, 6.07) is 0. The van der Waals surface area contributed by atoms with E-state index in [1.54, 1.807) is 5.56 Å². The molecular weight excluding hydrogens is 234 g/mol. The molecule has 0 saturated carbocycles. The zero-order chi connectivity index (χ0) is 11.7. The molecule has 1 aromatic rings. The number of aryl methyl sites for hydroxylation is 1. The van der Waals surface area contributed by atoms with Gasteiger partial charge in [-0.3, -0.25) is 4.98 Å². The maximum atomic E-state index is 4.55. The van der Waals surface area contributed by atoms with E-state index < -0.39 is 0 Å². The van der Waals surface area contributed by atoms with Gasteiger partial charge < -0.3 is 0 Å². The van der Waals surface area contributed by atoms with Crippen LogP contribution >= 0.6 is 24.4 Å². The average molecular weight is 253 g/mol. The van der Waals surface area contributed by atoms with Crippen LogP contribution in [0.2, 0.25) is 0 Å². The number of aromatic nitrogens is 1. The van der Waals surface area contributed by atoms with Gasteiger partial charge in [-0.25, -0.2) is 0 Å². The summed E-state index contributed by atoms with van der Waals surface area (Å²) >= 11 is 6.54. The normalized spacial score (nSPS) is 21.6. The molecule has 16 heavy (non-hydrogen) atoms. The van der Waals surface area contributed by atoms with Crippen molar-refractivity contribution in [1.29, 1.82) is 0 Å². The lowest BCUT2D eigenvalue weighted by Crippen LogP contribution is -2.14. The van der Waals surface area contributed by atoms with Crippen LogP contribution in [0.25, 0.3) is 0 Å². The lowest BCUT2D eigenvalue weighted by molar-refractivity contribution is 0.865. The number of hydrogen-bond acceptors (Lipinski definition) is 3. The second-order valence-corrected chi connectivity index (χ2v) is 6.91. The molecule has 0 bridgehead atoms. The molecule has 2 unspecified atom stereocenters. The lowest BCUT2D eigenvalue weighted by Gasteiger charge is -2.26. The summed E-state index contributed by atoms with van der Waals surface area (Å²) in [5, 5.41) is 1.02. The van der Waals surface area contributed by atoms with Crippen LogP contribution in [0.4, 0.5) is 0 Å². The Morgan fingerprint density at radius 2 is 2.38 bits per heavy atom. The maximum absolute atomic E-state index is 4.55. The number of fused-ring (bicyclic) bond motifs is 1. The van der Waals surface area contributed by atoms with Gasteiger partial charge in [0.05, 0.1) is 0 Å². The molecule has 1 aromatic heterocycles. The summed E-state index contributed by atoms with van der Waals surface area (Å²) in [6.07, 6.45) is 4.29. The molecule has 88 valence electrons. The number of thioether (sulfide) groups is 1. The summed E-state index contributed by atoms with van der Waals surface area (Å²) in [5.74, 6) is 1.24. The molecule has 1 aliphatic heterocycles. The largest absolute Gasteiger partial charge is 0.261 e. The van der Waals surface area contributed by atoms with E-state index >= 15 is 0 Å². The number of hydrogen-bond donors (Lipinski definition) is 1. The second-order valence-electron chi connectivity index (χ2n) is 4.58. The standard InChI is InChI=1S/C13H19NS2/c1-8(15)6-11-7-14-9(2)13-10(3)16-5-4-12(11)13/h7-8,10,15H,4-6H2,1-3H3. The Morgan fingerprint density at radius 3 is 3.06 bits per heavy atom. The van der Waals surface area contributed by atoms with Crippen molar-refractivity contribution in [2.75, 3.05) is 5.75 Å². The molecule has 0 N–H and O–H groups in total. The molecule has 3 heteroatoms. The third-order valence-electron chi connectivity index (χ3n) is 3.16. The van der Waals surface area contributed by atoms with Crippen LogP contribution in [-0.2, 0) is 12.8 Å². The summed E-state index contributed by atoms with van der Waals surface area (Å²) in [4.78, 5) is 4.55. The third kappa shape index (κ3) is 2.40. The first-order valence-electron chi connectivity index (χ1n) is 5.86. The van der Waals surface area contributed by atoms with Gasteiger partial charge in [0.25, 0.3) is 0 Å². The van der Waals surface area contributed by atoms with Gasteiger partial charge in [0.1, 0.15) is 0 Å². The number of thiol groups is 1. The highest BCUT2D eigenvalue weighted by atomic mass is 32.2. The molecule has 0 radical (unpaired) electrons. The zero-order valence-corrected chi connectivity index (χ0v) is 11.9. The summed E-state index contributed by atoms with van der Waals surface area (Å²) in [7, 11) is 0. The van der Waals surface area contributed by atoms with Gasteiger partial charge in [0, 0.05) is 22.4 Å². The van der Waals surface area contributed by atoms with Crippen molar-refractivity contribution >= 4 is 24.4 Å². The highest BCUT2D eigenvalue weighted by Gasteiger charge is 2.22. The van der Waals surface area contributed by atoms with Gasteiger partial charge in [0.2, 0.25) is 0 Å². The average Bonchev–Trinajstić information content (AvgIpc) is 2.22. The maximum Gasteiger partial charge on any atom is 0.0418 e. The van der Waals surface area contributed by atoms with E-state index in [-0.39, 0.29) is 0 Å². The van der Waals surface area contributed by atoms with Crippen molar-refractivity contribution in [3.8, 4) is 0 Å². The van der Waals surface area contributed by atoms with Gasteiger partial charge in [-0.05, 0) is 49.1 Å². The minimum Gasteiger partial charge on any atom is -0.261 e. The molecule has 0 saturated heterocycles. The third-order valence-corrected chi connectivity index (χ3v) is 4.52. The quantitative estimate of drug-likeness (QED) is 0.809. The number of pyridine rings is 1. The van der Waals surface area contributed by atoms with E-state index in [1.165, 1.54) is 29.0 Å². The molecule has 2 rings (SSSR count). The Labute approximate surface area is 108 Å². The molecule has 2 atom stereocenters. The first kappa shape index (κ1) is 12.3. The first-order chi connectivity index (χ1) is 7.59. The number of nitrogens with zero attached hydrogens (tertiary/aromatic N) is 1. The van der Waals surface area contributed by atoms with Crippen LogP contribution in [0.1, 0.15) is 41.5 Å². The van der Waals surface area contributed by atoms with Gasteiger partial charge in [0.15, 0.2) is 0 Å². The van der Waals surface area contributed by atoms with Crippen molar-refractivity contribution in [3.63, 3.8) is 0 Å². The van der Waals surface area contributed by atoms with Crippen molar-refractivity contribution < 1.29 is 0 Å². The molecule has 0 spiro atoms. The van der Waals surface area contributed by atoms with Crippen LogP contribution in [0.5, 0.6) is 0 Å². The number of rotatable bonds is 2. The van der Waals surface area contributed by atoms with E-state index in [4.69, 9.17) is 0 Å². The molecule has 0 aromatic carbocycles. The van der Waals surface area contributed by atoms with Crippen molar-refractivity contribution in [3.05, 3.63) is 28.6 Å². The molecule has 0 fully saturated rings. The predicted octanol–water partition coefficient (Wildman–Crippen LogP) is 3.60. The fourth-order valence-corrected chi connectivity index (χ4v) is 3.82. The Hall–Kier alpha value is -0.150. The highest BCUT2D eigenvalue weighted by molar-refractivity contribution is 7.99. The first-order valence-corrected chi connectivity index (χ1v) is 7.43. The van der Waals surface area contributed by atoms with Gasteiger partial charge >= 0.3 is 0 Å². The lowest BCUT2D eigenvalue weighted by atomic mass is 9.94. The smallest absolute Gasteiger partial charge is 0.0418 e. The van der Waals surface area contributed by atoms with E-state index in [1.807, 2.05) is 11.8 Å². The summed E-state index contributed by atoms with van der Waals surface area (Å²) < 4.78 is 0. The van der Waals surface area contributed by atoms with E-state index in [0.29, 0.717) is 10.5 Å². The van der Waals surface area contributed by atoms with E-state index in [0.717, 1.165) is 6.42 Å². The Bertz CT molecular complexity index is 388. The Kier molecular flexibility index (Phi) is 3.85. The highest BCUT2D eigenvalue weighted by Crippen LogP contribution is 2.39. The summed E-state index contributed by atoms with van der Waals surface area (Å²) in [5.41, 5.74) is 5.67. The van der Waals surface area contributed by atoms with Crippen LogP contribution in [0.3, 0.4) is 0 Å². The molecule has 0 aliphatic carbocycles. The van der Waals surface area contributed by atoms with Crippen molar-refractivity contribution in [2.45, 2.75) is 44.1 Å². The topological polar surface area (TPSA) is 12.9 Å². The molecular formula is C13H19NS2. The van der Waals surface area contributed by atoms with Crippen LogP contribution in [0, 0.1) is 6.92 Å².